The average molecular weight is 341 g/mol. The van der Waals surface area contributed by atoms with Gasteiger partial charge in [-0.1, -0.05) is 13.8 Å². The van der Waals surface area contributed by atoms with E-state index < -0.39 is 11.6 Å². The van der Waals surface area contributed by atoms with E-state index >= 15 is 0 Å². The molecule has 1 N–H and O–H groups in total. The Hall–Kier alpha value is -1.89. The maximum absolute atomic E-state index is 13.6. The third-order valence-corrected chi connectivity index (χ3v) is 3.84. The Morgan fingerprint density at radius 2 is 2.04 bits per heavy atom. The van der Waals surface area contributed by atoms with Gasteiger partial charge in [-0.15, -0.1) is 0 Å². The van der Waals surface area contributed by atoms with Crippen LogP contribution in [0.15, 0.2) is 34.2 Å². The van der Waals surface area contributed by atoms with E-state index in [1.54, 1.807) is 4.57 Å². The fourth-order valence-corrected chi connectivity index (χ4v) is 2.66. The lowest BCUT2D eigenvalue weighted by molar-refractivity contribution is -0.452. The summed E-state index contributed by atoms with van der Waals surface area (Å²) < 4.78 is 33.6. The van der Waals surface area contributed by atoms with Crippen LogP contribution in [-0.2, 0) is 13.2 Å². The summed E-state index contributed by atoms with van der Waals surface area (Å²) in [7, 11) is 0. The molecule has 0 bridgehead atoms. The first-order valence-corrected chi connectivity index (χ1v) is 8.41. The molecule has 0 saturated carbocycles. The van der Waals surface area contributed by atoms with E-state index in [4.69, 9.17) is 4.74 Å². The Morgan fingerprint density at radius 1 is 1.30 bits per heavy atom. The van der Waals surface area contributed by atoms with E-state index in [0.717, 1.165) is 6.07 Å². The van der Waals surface area contributed by atoms with Gasteiger partial charge in [-0.3, -0.25) is 0 Å². The Kier molecular flexibility index (Phi) is 5.76. The fraction of sp³-hybridized carbons (Fsp3) is 0.375. The van der Waals surface area contributed by atoms with E-state index in [9.17, 15) is 13.6 Å². The summed E-state index contributed by atoms with van der Waals surface area (Å²) in [4.78, 5) is 15.2. The summed E-state index contributed by atoms with van der Waals surface area (Å²) in [5.74, 6) is -0.739. The van der Waals surface area contributed by atoms with Gasteiger partial charge < -0.3 is 4.74 Å². The van der Waals surface area contributed by atoms with Crippen molar-refractivity contribution in [2.45, 2.75) is 32.2 Å². The van der Waals surface area contributed by atoms with E-state index in [0.29, 0.717) is 17.6 Å². The van der Waals surface area contributed by atoms with Crippen molar-refractivity contribution in [2.75, 3.05) is 6.26 Å². The topological polar surface area (TPSA) is 45.4 Å². The van der Waals surface area contributed by atoms with Crippen LogP contribution in [0.5, 0.6) is 5.88 Å². The van der Waals surface area contributed by atoms with Crippen molar-refractivity contribution in [2.24, 2.45) is 5.92 Å². The van der Waals surface area contributed by atoms with Gasteiger partial charge in [0.05, 0.1) is 6.54 Å². The van der Waals surface area contributed by atoms with Crippen molar-refractivity contribution in [1.82, 2.24) is 4.57 Å². The molecule has 2 rings (SSSR count). The van der Waals surface area contributed by atoms with Gasteiger partial charge in [0.1, 0.15) is 24.3 Å². The predicted molar refractivity (Wildman–Crippen MR) is 84.6 cm³/mol. The highest BCUT2D eigenvalue weighted by Gasteiger charge is 2.17. The fourth-order valence-electron chi connectivity index (χ4n) is 2.07. The van der Waals surface area contributed by atoms with Crippen molar-refractivity contribution in [3.8, 4) is 5.88 Å². The SMILES string of the molecule is CSc1[nH+]c(OCc2ccc(F)cc2F)cc(=O)n1CC(C)C. The average Bonchev–Trinajstić information content (AvgIpc) is 2.48. The molecule has 0 amide bonds. The summed E-state index contributed by atoms with van der Waals surface area (Å²) in [5, 5.41) is 0.667. The summed E-state index contributed by atoms with van der Waals surface area (Å²) in [6.45, 7) is 4.55. The molecule has 0 atom stereocenters. The van der Waals surface area contributed by atoms with Gasteiger partial charge >= 0.3 is 10.7 Å². The molecule has 1 aromatic heterocycles. The standard InChI is InChI=1S/C16H18F2N2O2S/c1-10(2)8-20-15(21)7-14(19-16(20)23-3)22-9-11-4-5-12(17)6-13(11)18/h4-7,10H,8-9H2,1-3H3/p+1. The van der Waals surface area contributed by atoms with Crippen LogP contribution in [0.25, 0.3) is 0 Å². The number of hydrogen-bond donors (Lipinski definition) is 0. The first kappa shape index (κ1) is 17.5. The molecule has 0 fully saturated rings. The van der Waals surface area contributed by atoms with Gasteiger partial charge in [0.25, 0.3) is 5.88 Å². The monoisotopic (exact) mass is 341 g/mol. The maximum atomic E-state index is 13.6. The highest BCUT2D eigenvalue weighted by Crippen LogP contribution is 2.14. The number of hydrogen-bond acceptors (Lipinski definition) is 3. The zero-order chi connectivity index (χ0) is 17.0. The lowest BCUT2D eigenvalue weighted by Crippen LogP contribution is -2.31. The highest BCUT2D eigenvalue weighted by molar-refractivity contribution is 7.98. The second kappa shape index (κ2) is 7.59. The lowest BCUT2D eigenvalue weighted by atomic mass is 10.2. The number of nitrogens with one attached hydrogen (secondary N) is 1. The molecule has 0 aliphatic heterocycles. The molecule has 124 valence electrons. The van der Waals surface area contributed by atoms with Crippen molar-refractivity contribution in [1.29, 1.82) is 0 Å². The Labute approximate surface area is 137 Å². The predicted octanol–water partition coefficient (Wildman–Crippen LogP) is 2.90. The number of ether oxygens (including phenoxy) is 1. The van der Waals surface area contributed by atoms with E-state index in [1.165, 1.54) is 30.0 Å². The van der Waals surface area contributed by atoms with Gasteiger partial charge in [0, 0.05) is 11.6 Å². The molecule has 1 heterocycles. The lowest BCUT2D eigenvalue weighted by Gasteiger charge is -2.08. The number of thioether (sulfide) groups is 1. The summed E-state index contributed by atoms with van der Waals surface area (Å²) >= 11 is 1.40. The van der Waals surface area contributed by atoms with Crippen LogP contribution in [0.4, 0.5) is 8.78 Å². The van der Waals surface area contributed by atoms with Gasteiger partial charge in [-0.05, 0) is 36.1 Å². The van der Waals surface area contributed by atoms with Crippen LogP contribution < -0.4 is 15.3 Å². The number of H-pyrrole nitrogens is 1. The van der Waals surface area contributed by atoms with Crippen LogP contribution in [0.3, 0.4) is 0 Å². The molecule has 2 aromatic rings. The van der Waals surface area contributed by atoms with Crippen LogP contribution in [0.2, 0.25) is 0 Å². The first-order chi connectivity index (χ1) is 10.9. The molecular weight excluding hydrogens is 322 g/mol. The van der Waals surface area contributed by atoms with Gasteiger partial charge in [-0.25, -0.2) is 18.6 Å². The van der Waals surface area contributed by atoms with E-state index in [2.05, 4.69) is 4.98 Å². The molecule has 0 spiro atoms. The Bertz CT molecular complexity index is 747. The molecule has 0 aliphatic rings. The van der Waals surface area contributed by atoms with Crippen LogP contribution >= 0.6 is 11.8 Å². The normalized spacial score (nSPS) is 11.0. The highest BCUT2D eigenvalue weighted by atomic mass is 32.2. The van der Waals surface area contributed by atoms with Gasteiger partial charge in [0.15, 0.2) is 0 Å². The second-order valence-electron chi connectivity index (χ2n) is 5.51. The number of nitrogens with zero attached hydrogens (tertiary/aromatic N) is 1. The minimum atomic E-state index is -0.678. The van der Waals surface area contributed by atoms with Gasteiger partial charge in [-0.2, -0.15) is 4.57 Å². The Morgan fingerprint density at radius 3 is 2.65 bits per heavy atom. The van der Waals surface area contributed by atoms with Crippen molar-refractivity contribution < 1.29 is 18.5 Å². The summed E-state index contributed by atoms with van der Waals surface area (Å²) in [6, 6.07) is 4.62. The maximum Gasteiger partial charge on any atom is 0.342 e. The molecule has 0 radical (unpaired) electrons. The smallest absolute Gasteiger partial charge is 0.342 e. The first-order valence-electron chi connectivity index (χ1n) is 7.18. The van der Waals surface area contributed by atoms with Crippen molar-refractivity contribution >= 4 is 11.8 Å². The molecule has 4 nitrogen and oxygen atoms in total. The van der Waals surface area contributed by atoms with Crippen LogP contribution in [0, 0.1) is 17.6 Å². The summed E-state index contributed by atoms with van der Waals surface area (Å²) in [6.07, 6.45) is 1.85. The molecule has 23 heavy (non-hydrogen) atoms. The zero-order valence-electron chi connectivity index (χ0n) is 13.2. The zero-order valence-corrected chi connectivity index (χ0v) is 14.0. The molecule has 7 heteroatoms. The van der Waals surface area contributed by atoms with Crippen molar-refractivity contribution in [3.63, 3.8) is 0 Å². The summed E-state index contributed by atoms with van der Waals surface area (Å²) in [5.41, 5.74) is 0.0354. The molecule has 0 saturated heterocycles. The van der Waals surface area contributed by atoms with Crippen molar-refractivity contribution in [3.05, 3.63) is 51.8 Å². The molecule has 0 unspecified atom stereocenters. The minimum Gasteiger partial charge on any atom is -0.457 e. The third-order valence-electron chi connectivity index (χ3n) is 3.14. The minimum absolute atomic E-state index is 0.0932. The van der Waals surface area contributed by atoms with Gasteiger partial charge in [0.2, 0.25) is 0 Å². The number of aromatic amines is 1. The molecular formula is C16H19F2N2O2S+. The van der Waals surface area contributed by atoms with E-state index in [-0.39, 0.29) is 23.6 Å². The number of rotatable bonds is 6. The Balaban J connectivity index is 2.20. The number of benzene rings is 1. The second-order valence-corrected chi connectivity index (χ2v) is 6.30. The number of aromatic nitrogens is 2. The molecule has 0 aliphatic carbocycles. The van der Waals surface area contributed by atoms with Crippen LogP contribution in [0.1, 0.15) is 19.4 Å². The third kappa shape index (κ3) is 4.54. The van der Waals surface area contributed by atoms with Crippen LogP contribution in [-0.4, -0.2) is 10.8 Å². The quantitative estimate of drug-likeness (QED) is 0.599. The largest absolute Gasteiger partial charge is 0.457 e. The molecule has 1 aromatic carbocycles. The number of halogens is 2. The van der Waals surface area contributed by atoms with E-state index in [1.807, 2.05) is 20.1 Å².